The Morgan fingerprint density at radius 2 is 2.00 bits per heavy atom. The van der Waals surface area contributed by atoms with Crippen molar-refractivity contribution >= 4 is 11.9 Å². The number of nitrogens with one attached hydrogen (secondary N) is 3. The fourth-order valence-corrected chi connectivity index (χ4v) is 2.32. The fraction of sp³-hybridized carbons (Fsp3) is 0.389. The van der Waals surface area contributed by atoms with Crippen LogP contribution in [-0.2, 0) is 13.1 Å². The van der Waals surface area contributed by atoms with Gasteiger partial charge in [-0.15, -0.1) is 0 Å². The lowest BCUT2D eigenvalue weighted by Crippen LogP contribution is -2.37. The zero-order chi connectivity index (χ0) is 17.9. The Bertz CT molecular complexity index is 663. The predicted molar refractivity (Wildman–Crippen MR) is 99.5 cm³/mol. The maximum atomic E-state index is 11.7. The predicted octanol–water partition coefficient (Wildman–Crippen LogP) is 1.39. The van der Waals surface area contributed by atoms with E-state index in [1.807, 2.05) is 48.1 Å². The number of aromatic nitrogens is 2. The van der Waals surface area contributed by atoms with Crippen molar-refractivity contribution in [2.24, 2.45) is 4.99 Å². The quantitative estimate of drug-likeness (QED) is 0.385. The van der Waals surface area contributed by atoms with Crippen LogP contribution < -0.4 is 16.0 Å². The highest BCUT2D eigenvalue weighted by Crippen LogP contribution is 2.04. The smallest absolute Gasteiger partial charge is 0.251 e. The molecule has 1 heterocycles. The summed E-state index contributed by atoms with van der Waals surface area (Å²) < 4.78 is 1.91. The maximum Gasteiger partial charge on any atom is 0.251 e. The van der Waals surface area contributed by atoms with E-state index < -0.39 is 0 Å². The summed E-state index contributed by atoms with van der Waals surface area (Å²) in [7, 11) is 1.75. The second-order valence-electron chi connectivity index (χ2n) is 5.53. The Labute approximate surface area is 148 Å². The normalized spacial score (nSPS) is 11.2. The van der Waals surface area contributed by atoms with Gasteiger partial charge in [0.1, 0.15) is 0 Å². The molecule has 1 amide bonds. The van der Waals surface area contributed by atoms with E-state index in [4.69, 9.17) is 0 Å². The van der Waals surface area contributed by atoms with Gasteiger partial charge in [0.05, 0.1) is 0 Å². The summed E-state index contributed by atoms with van der Waals surface area (Å²) in [5.74, 6) is 0.713. The summed E-state index contributed by atoms with van der Waals surface area (Å²) in [4.78, 5) is 16.0. The molecule has 0 aliphatic rings. The summed E-state index contributed by atoms with van der Waals surface area (Å²) in [5, 5.41) is 13.5. The molecular formula is C18H26N6O. The van der Waals surface area contributed by atoms with Crippen molar-refractivity contribution in [3.8, 4) is 0 Å². The molecule has 2 rings (SSSR count). The number of amides is 1. The van der Waals surface area contributed by atoms with Crippen molar-refractivity contribution in [3.63, 3.8) is 0 Å². The number of aliphatic imine (C=N–C) groups is 1. The molecule has 0 radical (unpaired) electrons. The van der Waals surface area contributed by atoms with Gasteiger partial charge in [0, 0.05) is 51.2 Å². The van der Waals surface area contributed by atoms with Crippen LogP contribution >= 0.6 is 0 Å². The fourth-order valence-electron chi connectivity index (χ4n) is 2.32. The third-order valence-corrected chi connectivity index (χ3v) is 3.65. The zero-order valence-electron chi connectivity index (χ0n) is 14.8. The highest BCUT2D eigenvalue weighted by molar-refractivity contribution is 5.94. The van der Waals surface area contributed by atoms with Gasteiger partial charge in [0.2, 0.25) is 0 Å². The first kappa shape index (κ1) is 18.5. The number of hydrogen-bond acceptors (Lipinski definition) is 3. The summed E-state index contributed by atoms with van der Waals surface area (Å²) >= 11 is 0. The van der Waals surface area contributed by atoms with E-state index >= 15 is 0 Å². The first-order valence-corrected chi connectivity index (χ1v) is 8.52. The molecule has 0 saturated carbocycles. The zero-order valence-corrected chi connectivity index (χ0v) is 14.8. The van der Waals surface area contributed by atoms with Crippen LogP contribution in [0.15, 0.2) is 47.7 Å². The number of carbonyl (C=O) groups excluding carboxylic acids is 1. The molecule has 25 heavy (non-hydrogen) atoms. The minimum Gasteiger partial charge on any atom is -0.356 e. The number of aryl methyl sites for hydroxylation is 1. The van der Waals surface area contributed by atoms with E-state index in [1.165, 1.54) is 0 Å². The van der Waals surface area contributed by atoms with Gasteiger partial charge in [-0.2, -0.15) is 5.10 Å². The highest BCUT2D eigenvalue weighted by Gasteiger charge is 2.04. The lowest BCUT2D eigenvalue weighted by Gasteiger charge is -2.12. The molecule has 134 valence electrons. The molecule has 2 aromatic rings. The van der Waals surface area contributed by atoms with E-state index in [1.54, 1.807) is 13.2 Å². The molecule has 0 spiro atoms. The molecular weight excluding hydrogens is 316 g/mol. The van der Waals surface area contributed by atoms with Crippen LogP contribution in [0.25, 0.3) is 0 Å². The van der Waals surface area contributed by atoms with Gasteiger partial charge in [-0.25, -0.2) is 0 Å². The topological polar surface area (TPSA) is 83.3 Å². The standard InChI is InChI=1S/C18H26N6O/c1-3-20-17(25)16-8-6-15(7-9-16)14-22-18(19-2)21-10-4-12-24-13-5-11-23-24/h5-9,11,13H,3-4,10,12,14H2,1-2H3,(H,20,25)(H2,19,21,22). The second-order valence-corrected chi connectivity index (χ2v) is 5.53. The number of hydrogen-bond donors (Lipinski definition) is 3. The highest BCUT2D eigenvalue weighted by atomic mass is 16.1. The number of rotatable bonds is 8. The number of benzene rings is 1. The van der Waals surface area contributed by atoms with Crippen LogP contribution in [0.5, 0.6) is 0 Å². The monoisotopic (exact) mass is 342 g/mol. The minimum absolute atomic E-state index is 0.0448. The third kappa shape index (κ3) is 6.29. The number of nitrogens with zero attached hydrogens (tertiary/aromatic N) is 3. The van der Waals surface area contributed by atoms with Crippen molar-refractivity contribution in [2.45, 2.75) is 26.4 Å². The van der Waals surface area contributed by atoms with Crippen LogP contribution in [-0.4, -0.2) is 41.8 Å². The van der Waals surface area contributed by atoms with Gasteiger partial charge in [0.25, 0.3) is 5.91 Å². The third-order valence-electron chi connectivity index (χ3n) is 3.65. The van der Waals surface area contributed by atoms with Crippen LogP contribution in [0.3, 0.4) is 0 Å². The number of guanidine groups is 1. The molecule has 0 aliphatic carbocycles. The van der Waals surface area contributed by atoms with E-state index in [2.05, 4.69) is 26.0 Å². The molecule has 0 bridgehead atoms. The summed E-state index contributed by atoms with van der Waals surface area (Å²) in [6.45, 7) is 4.87. The Kier molecular flexibility index (Phi) is 7.49. The van der Waals surface area contributed by atoms with Gasteiger partial charge in [-0.3, -0.25) is 14.5 Å². The Balaban J connectivity index is 1.71. The molecule has 7 heteroatoms. The lowest BCUT2D eigenvalue weighted by atomic mass is 10.1. The molecule has 0 unspecified atom stereocenters. The Hall–Kier alpha value is -2.83. The van der Waals surface area contributed by atoms with Crippen LogP contribution in [0.4, 0.5) is 0 Å². The first-order valence-electron chi connectivity index (χ1n) is 8.52. The Morgan fingerprint density at radius 3 is 2.64 bits per heavy atom. The van der Waals surface area contributed by atoms with Gasteiger partial charge < -0.3 is 16.0 Å². The van der Waals surface area contributed by atoms with Gasteiger partial charge >= 0.3 is 0 Å². The van der Waals surface area contributed by atoms with Crippen molar-refractivity contribution < 1.29 is 4.79 Å². The molecule has 0 atom stereocenters. The average Bonchev–Trinajstić information content (AvgIpc) is 3.15. The molecule has 1 aromatic carbocycles. The van der Waals surface area contributed by atoms with Crippen LogP contribution in [0.2, 0.25) is 0 Å². The van der Waals surface area contributed by atoms with Gasteiger partial charge in [0.15, 0.2) is 5.96 Å². The van der Waals surface area contributed by atoms with Crippen molar-refractivity contribution in [2.75, 3.05) is 20.1 Å². The number of carbonyl (C=O) groups is 1. The molecule has 1 aromatic heterocycles. The van der Waals surface area contributed by atoms with Crippen molar-refractivity contribution in [3.05, 3.63) is 53.9 Å². The molecule has 0 saturated heterocycles. The van der Waals surface area contributed by atoms with Gasteiger partial charge in [-0.1, -0.05) is 12.1 Å². The van der Waals surface area contributed by atoms with Crippen molar-refractivity contribution in [1.29, 1.82) is 0 Å². The lowest BCUT2D eigenvalue weighted by molar-refractivity contribution is 0.0956. The first-order chi connectivity index (χ1) is 12.2. The van der Waals surface area contributed by atoms with E-state index in [9.17, 15) is 4.79 Å². The molecule has 7 nitrogen and oxygen atoms in total. The summed E-state index contributed by atoms with van der Waals surface area (Å²) in [6.07, 6.45) is 4.70. The minimum atomic E-state index is -0.0448. The Morgan fingerprint density at radius 1 is 1.20 bits per heavy atom. The molecule has 0 aliphatic heterocycles. The van der Waals surface area contributed by atoms with Gasteiger partial charge in [-0.05, 0) is 37.1 Å². The van der Waals surface area contributed by atoms with Crippen LogP contribution in [0.1, 0.15) is 29.3 Å². The largest absolute Gasteiger partial charge is 0.356 e. The SMILES string of the molecule is CCNC(=O)c1ccc(CNC(=NC)NCCCn2cccn2)cc1. The average molecular weight is 342 g/mol. The maximum absolute atomic E-state index is 11.7. The van der Waals surface area contributed by atoms with Crippen LogP contribution in [0, 0.1) is 0 Å². The van der Waals surface area contributed by atoms with Crippen molar-refractivity contribution in [1.82, 2.24) is 25.7 Å². The second kappa shape index (κ2) is 10.1. The van der Waals surface area contributed by atoms with E-state index in [0.717, 1.165) is 31.0 Å². The molecule has 3 N–H and O–H groups in total. The van der Waals surface area contributed by atoms with E-state index in [-0.39, 0.29) is 5.91 Å². The molecule has 0 fully saturated rings. The summed E-state index contributed by atoms with van der Waals surface area (Å²) in [5.41, 5.74) is 1.76. The summed E-state index contributed by atoms with van der Waals surface area (Å²) in [6, 6.07) is 9.49. The van der Waals surface area contributed by atoms with E-state index in [0.29, 0.717) is 18.7 Å².